The quantitative estimate of drug-likeness (QED) is 0.360. The van der Waals surface area contributed by atoms with Crippen molar-refractivity contribution in [2.24, 2.45) is 0 Å². The van der Waals surface area contributed by atoms with Crippen LogP contribution in [0.25, 0.3) is 0 Å². The van der Waals surface area contributed by atoms with Crippen LogP contribution >= 0.6 is 11.6 Å². The second-order valence-corrected chi connectivity index (χ2v) is 4.90. The lowest BCUT2D eigenvalue weighted by atomic mass is 10.1. The average molecular weight is 340 g/mol. The SMILES string of the molecule is COc1ccc(CC(=O)Oc2ccc([N+](=O)[O-])cc2Cl)cc1F. The van der Waals surface area contributed by atoms with E-state index in [1.807, 2.05) is 0 Å². The van der Waals surface area contributed by atoms with Gasteiger partial charge in [0.1, 0.15) is 5.75 Å². The van der Waals surface area contributed by atoms with Gasteiger partial charge in [0.05, 0.1) is 23.5 Å². The van der Waals surface area contributed by atoms with Gasteiger partial charge in [0.2, 0.25) is 0 Å². The molecular weight excluding hydrogens is 329 g/mol. The highest BCUT2D eigenvalue weighted by Crippen LogP contribution is 2.29. The van der Waals surface area contributed by atoms with Crippen molar-refractivity contribution in [1.29, 1.82) is 0 Å². The first-order chi connectivity index (χ1) is 10.9. The number of nitro groups is 1. The lowest BCUT2D eigenvalue weighted by molar-refractivity contribution is -0.384. The Balaban J connectivity index is 2.08. The van der Waals surface area contributed by atoms with Crippen LogP contribution in [0.3, 0.4) is 0 Å². The molecule has 0 spiro atoms. The second-order valence-electron chi connectivity index (χ2n) is 4.49. The predicted molar refractivity (Wildman–Crippen MR) is 80.4 cm³/mol. The van der Waals surface area contributed by atoms with Gasteiger partial charge in [-0.05, 0) is 23.8 Å². The van der Waals surface area contributed by atoms with Gasteiger partial charge >= 0.3 is 5.97 Å². The number of benzene rings is 2. The van der Waals surface area contributed by atoms with Crippen molar-refractivity contribution >= 4 is 23.3 Å². The van der Waals surface area contributed by atoms with Crippen molar-refractivity contribution in [2.45, 2.75) is 6.42 Å². The van der Waals surface area contributed by atoms with Gasteiger partial charge in [-0.15, -0.1) is 0 Å². The molecule has 0 heterocycles. The first kappa shape index (κ1) is 16.7. The van der Waals surface area contributed by atoms with Gasteiger partial charge in [0.25, 0.3) is 5.69 Å². The molecule has 0 radical (unpaired) electrons. The molecule has 8 heteroatoms. The number of nitrogens with zero attached hydrogens (tertiary/aromatic N) is 1. The number of carbonyl (C=O) groups is 1. The van der Waals surface area contributed by atoms with Crippen LogP contribution in [0, 0.1) is 15.9 Å². The largest absolute Gasteiger partial charge is 0.494 e. The summed E-state index contributed by atoms with van der Waals surface area (Å²) in [6.45, 7) is 0. The Morgan fingerprint density at radius 3 is 2.52 bits per heavy atom. The third-order valence-corrected chi connectivity index (χ3v) is 3.21. The fourth-order valence-corrected chi connectivity index (χ4v) is 2.04. The molecule has 0 unspecified atom stereocenters. The van der Waals surface area contributed by atoms with E-state index in [0.29, 0.717) is 5.56 Å². The average Bonchev–Trinajstić information content (AvgIpc) is 2.49. The zero-order valence-corrected chi connectivity index (χ0v) is 12.7. The van der Waals surface area contributed by atoms with Crippen LogP contribution in [0.15, 0.2) is 36.4 Å². The Morgan fingerprint density at radius 2 is 1.96 bits per heavy atom. The maximum absolute atomic E-state index is 13.5. The molecule has 2 aromatic carbocycles. The molecule has 0 fully saturated rings. The summed E-state index contributed by atoms with van der Waals surface area (Å²) in [5.74, 6) is -1.20. The first-order valence-corrected chi connectivity index (χ1v) is 6.75. The maximum atomic E-state index is 13.5. The number of ether oxygens (including phenoxy) is 2. The smallest absolute Gasteiger partial charge is 0.315 e. The number of carbonyl (C=O) groups excluding carboxylic acids is 1. The van der Waals surface area contributed by atoms with E-state index in [4.69, 9.17) is 21.1 Å². The Hall–Kier alpha value is -2.67. The van der Waals surface area contributed by atoms with Crippen molar-refractivity contribution in [3.8, 4) is 11.5 Å². The lowest BCUT2D eigenvalue weighted by Crippen LogP contribution is -2.11. The van der Waals surface area contributed by atoms with Crippen LogP contribution in [-0.2, 0) is 11.2 Å². The molecule has 6 nitrogen and oxygen atoms in total. The molecule has 0 saturated carbocycles. The van der Waals surface area contributed by atoms with E-state index in [0.717, 1.165) is 12.1 Å². The standard InChI is InChI=1S/C15H11ClFNO5/c1-22-14-4-2-9(6-12(14)17)7-15(19)23-13-5-3-10(18(20)21)8-11(13)16/h2-6,8H,7H2,1H3. The van der Waals surface area contributed by atoms with Gasteiger partial charge in [-0.1, -0.05) is 17.7 Å². The van der Waals surface area contributed by atoms with Gasteiger partial charge in [-0.25, -0.2) is 4.39 Å². The zero-order chi connectivity index (χ0) is 17.0. The van der Waals surface area contributed by atoms with Crippen LogP contribution in [0.1, 0.15) is 5.56 Å². The Bertz CT molecular complexity index is 766. The highest BCUT2D eigenvalue weighted by atomic mass is 35.5. The van der Waals surface area contributed by atoms with Crippen LogP contribution in [0.4, 0.5) is 10.1 Å². The van der Waals surface area contributed by atoms with Gasteiger partial charge < -0.3 is 9.47 Å². The lowest BCUT2D eigenvalue weighted by Gasteiger charge is -2.07. The van der Waals surface area contributed by atoms with E-state index in [1.54, 1.807) is 0 Å². The summed E-state index contributed by atoms with van der Waals surface area (Å²) in [6.07, 6.45) is -0.186. The normalized spacial score (nSPS) is 10.2. The van der Waals surface area contributed by atoms with E-state index in [1.165, 1.54) is 31.4 Å². The van der Waals surface area contributed by atoms with Crippen LogP contribution < -0.4 is 9.47 Å². The molecule has 0 atom stereocenters. The molecule has 2 aromatic rings. The van der Waals surface area contributed by atoms with Crippen molar-refractivity contribution < 1.29 is 23.6 Å². The van der Waals surface area contributed by atoms with E-state index in [2.05, 4.69) is 0 Å². The third kappa shape index (κ3) is 4.17. The van der Waals surface area contributed by atoms with E-state index in [-0.39, 0.29) is 28.6 Å². The number of hydrogen-bond donors (Lipinski definition) is 0. The summed E-state index contributed by atoms with van der Waals surface area (Å²) in [4.78, 5) is 21.8. The van der Waals surface area contributed by atoms with Crippen molar-refractivity contribution in [3.63, 3.8) is 0 Å². The van der Waals surface area contributed by atoms with Gasteiger partial charge in [-0.3, -0.25) is 14.9 Å². The molecule has 23 heavy (non-hydrogen) atoms. The molecule has 0 saturated heterocycles. The third-order valence-electron chi connectivity index (χ3n) is 2.91. The molecule has 120 valence electrons. The molecule has 2 rings (SSSR count). The summed E-state index contributed by atoms with van der Waals surface area (Å²) in [5.41, 5.74) is 0.179. The minimum atomic E-state index is -0.676. The van der Waals surface area contributed by atoms with Crippen molar-refractivity contribution in [2.75, 3.05) is 7.11 Å². The molecule has 0 bridgehead atoms. The minimum absolute atomic E-state index is 0.00347. The molecule has 0 aromatic heterocycles. The number of non-ortho nitro benzene ring substituents is 1. The Labute approximate surface area is 135 Å². The fourth-order valence-electron chi connectivity index (χ4n) is 1.83. The monoisotopic (exact) mass is 339 g/mol. The summed E-state index contributed by atoms with van der Waals surface area (Å²) in [6, 6.07) is 7.57. The van der Waals surface area contributed by atoms with Gasteiger partial charge in [0, 0.05) is 12.1 Å². The van der Waals surface area contributed by atoms with Crippen molar-refractivity contribution in [3.05, 3.63) is 62.9 Å². The van der Waals surface area contributed by atoms with Crippen molar-refractivity contribution in [1.82, 2.24) is 0 Å². The summed E-state index contributed by atoms with van der Waals surface area (Å²) >= 11 is 5.83. The number of methoxy groups -OCH3 is 1. The van der Waals surface area contributed by atoms with Crippen LogP contribution in [0.5, 0.6) is 11.5 Å². The maximum Gasteiger partial charge on any atom is 0.315 e. The topological polar surface area (TPSA) is 78.7 Å². The number of esters is 1. The van der Waals surface area contributed by atoms with Crippen LogP contribution in [-0.4, -0.2) is 18.0 Å². The van der Waals surface area contributed by atoms with E-state index < -0.39 is 16.7 Å². The highest BCUT2D eigenvalue weighted by Gasteiger charge is 2.14. The summed E-state index contributed by atoms with van der Waals surface area (Å²) in [5, 5.41) is 10.5. The highest BCUT2D eigenvalue weighted by molar-refractivity contribution is 6.32. The molecule has 0 aliphatic heterocycles. The molecule has 0 N–H and O–H groups in total. The molecule has 0 aliphatic carbocycles. The van der Waals surface area contributed by atoms with Gasteiger partial charge in [-0.2, -0.15) is 0 Å². The summed E-state index contributed by atoms with van der Waals surface area (Å²) in [7, 11) is 1.34. The Kier molecular flexibility index (Phi) is 5.13. The first-order valence-electron chi connectivity index (χ1n) is 6.37. The second kappa shape index (κ2) is 7.06. The minimum Gasteiger partial charge on any atom is -0.494 e. The number of hydrogen-bond acceptors (Lipinski definition) is 5. The Morgan fingerprint density at radius 1 is 1.26 bits per heavy atom. The fraction of sp³-hybridized carbons (Fsp3) is 0.133. The van der Waals surface area contributed by atoms with Gasteiger partial charge in [0.15, 0.2) is 11.6 Å². The van der Waals surface area contributed by atoms with Crippen LogP contribution in [0.2, 0.25) is 5.02 Å². The number of rotatable bonds is 5. The molecule has 0 amide bonds. The molecule has 0 aliphatic rings. The molecular formula is C15H11ClFNO5. The number of nitro benzene ring substituents is 1. The van der Waals surface area contributed by atoms with E-state index in [9.17, 15) is 19.3 Å². The zero-order valence-electron chi connectivity index (χ0n) is 11.9. The summed E-state index contributed by atoms with van der Waals surface area (Å²) < 4.78 is 23.4. The predicted octanol–water partition coefficient (Wildman–Crippen LogP) is 3.54. The number of halogens is 2. The van der Waals surface area contributed by atoms with E-state index >= 15 is 0 Å².